The summed E-state index contributed by atoms with van der Waals surface area (Å²) in [5, 5.41) is 20.9. The molecule has 196 valence electrons. The second-order valence-electron chi connectivity index (χ2n) is 9.86. The summed E-state index contributed by atoms with van der Waals surface area (Å²) in [4.78, 5) is 16.7. The van der Waals surface area contributed by atoms with E-state index in [1.165, 1.54) is 18.2 Å². The highest BCUT2D eigenvalue weighted by molar-refractivity contribution is 5.97. The lowest BCUT2D eigenvalue weighted by molar-refractivity contribution is 0.176. The van der Waals surface area contributed by atoms with Gasteiger partial charge in [0, 0.05) is 28.9 Å². The molecule has 39 heavy (non-hydrogen) atoms. The maximum absolute atomic E-state index is 15.2. The highest BCUT2D eigenvalue weighted by atomic mass is 19.1. The number of benzene rings is 2. The summed E-state index contributed by atoms with van der Waals surface area (Å²) in [6, 6.07) is 13.0. The van der Waals surface area contributed by atoms with Gasteiger partial charge in [-0.3, -0.25) is 15.1 Å². The molecule has 6 aromatic rings. The number of aromatic amines is 2. The molecule has 10 heteroatoms. The molecule has 0 spiro atoms. The first-order valence-corrected chi connectivity index (χ1v) is 12.5. The molecule has 0 saturated carbocycles. The van der Waals surface area contributed by atoms with Gasteiger partial charge in [-0.1, -0.05) is 26.0 Å². The first kappa shape index (κ1) is 24.6. The van der Waals surface area contributed by atoms with E-state index in [1.54, 1.807) is 36.8 Å². The lowest BCUT2D eigenvalue weighted by Crippen LogP contribution is -2.20. The number of H-pyrrole nitrogens is 2. The van der Waals surface area contributed by atoms with E-state index >= 15 is 4.39 Å². The van der Waals surface area contributed by atoms with Gasteiger partial charge in [-0.25, -0.2) is 13.8 Å². The van der Waals surface area contributed by atoms with E-state index in [2.05, 4.69) is 30.5 Å². The Kier molecular flexibility index (Phi) is 6.24. The van der Waals surface area contributed by atoms with Crippen LogP contribution in [0.25, 0.3) is 55.8 Å². The maximum atomic E-state index is 15.2. The van der Waals surface area contributed by atoms with Crippen LogP contribution in [0.1, 0.15) is 20.3 Å². The second-order valence-corrected chi connectivity index (χ2v) is 9.86. The number of nitrogens with one attached hydrogen (secondary N) is 3. The number of aromatic nitrogens is 6. The Bertz CT molecular complexity index is 1810. The standard InChI is InChI=1S/C29H25F2N7O/c1-15(2)8-24(39)34-20-10-18(13-32-14-20)17-11-21-26(22(31)12-17)37-38-27(21)29-35-23-6-7-33-25(28(23)36-29)16-4-3-5-19(30)9-16/h3-7,9-15,24,34,39H,8H2,1-2H3,(H,35,36)(H,37,38). The number of fused-ring (bicyclic) bond motifs is 2. The van der Waals surface area contributed by atoms with E-state index in [4.69, 9.17) is 4.98 Å². The van der Waals surface area contributed by atoms with E-state index in [0.29, 0.717) is 68.3 Å². The van der Waals surface area contributed by atoms with Crippen molar-refractivity contribution in [2.24, 2.45) is 5.92 Å². The molecule has 6 rings (SSSR count). The predicted molar refractivity (Wildman–Crippen MR) is 147 cm³/mol. The minimum atomic E-state index is -0.721. The molecule has 0 aliphatic heterocycles. The van der Waals surface area contributed by atoms with E-state index in [9.17, 15) is 9.50 Å². The van der Waals surface area contributed by atoms with Gasteiger partial charge in [0.25, 0.3) is 0 Å². The number of hydrogen-bond acceptors (Lipinski definition) is 6. The smallest absolute Gasteiger partial charge is 0.157 e. The number of rotatable bonds is 7. The summed E-state index contributed by atoms with van der Waals surface area (Å²) in [6.07, 6.45) is 4.74. The molecule has 4 aromatic heterocycles. The summed E-state index contributed by atoms with van der Waals surface area (Å²) < 4.78 is 29.1. The predicted octanol–water partition coefficient (Wildman–Crippen LogP) is 6.28. The fraction of sp³-hybridized carbons (Fsp3) is 0.172. The van der Waals surface area contributed by atoms with Crippen LogP contribution in [0, 0.1) is 17.6 Å². The van der Waals surface area contributed by atoms with Crippen LogP contribution in [0.15, 0.2) is 67.1 Å². The van der Waals surface area contributed by atoms with E-state index in [1.807, 2.05) is 26.0 Å². The molecule has 8 nitrogen and oxygen atoms in total. The third-order valence-electron chi connectivity index (χ3n) is 6.45. The summed E-state index contributed by atoms with van der Waals surface area (Å²) in [6.45, 7) is 4.06. The Hall–Kier alpha value is -4.70. The summed E-state index contributed by atoms with van der Waals surface area (Å²) in [7, 11) is 0. The van der Waals surface area contributed by atoms with Gasteiger partial charge < -0.3 is 15.4 Å². The van der Waals surface area contributed by atoms with E-state index in [0.717, 1.165) is 0 Å². The van der Waals surface area contributed by atoms with Gasteiger partial charge in [0.1, 0.15) is 28.8 Å². The van der Waals surface area contributed by atoms with Gasteiger partial charge in [0.2, 0.25) is 0 Å². The molecule has 2 aromatic carbocycles. The molecule has 1 unspecified atom stereocenters. The Morgan fingerprint density at radius 2 is 1.85 bits per heavy atom. The van der Waals surface area contributed by atoms with Gasteiger partial charge in [0.15, 0.2) is 11.6 Å². The van der Waals surface area contributed by atoms with Crippen molar-refractivity contribution in [2.75, 3.05) is 5.32 Å². The maximum Gasteiger partial charge on any atom is 0.157 e. The van der Waals surface area contributed by atoms with Crippen molar-refractivity contribution in [3.63, 3.8) is 0 Å². The molecule has 0 fully saturated rings. The van der Waals surface area contributed by atoms with Gasteiger partial charge in [0.05, 0.1) is 23.1 Å². The SMILES string of the molecule is CC(C)CC(O)Nc1cncc(-c2cc(F)c3n[nH]c(-c4nc5c(-c6cccc(F)c6)nccc5[nH]4)c3c2)c1. The first-order chi connectivity index (χ1) is 18.9. The topological polar surface area (TPSA) is 115 Å². The molecule has 0 radical (unpaired) electrons. The molecule has 4 heterocycles. The van der Waals surface area contributed by atoms with Crippen LogP contribution in [0.3, 0.4) is 0 Å². The van der Waals surface area contributed by atoms with Gasteiger partial charge >= 0.3 is 0 Å². The molecule has 0 aliphatic carbocycles. The van der Waals surface area contributed by atoms with Crippen molar-refractivity contribution in [1.82, 2.24) is 30.1 Å². The molecular weight excluding hydrogens is 500 g/mol. The number of aliphatic hydroxyl groups is 1. The number of nitrogens with zero attached hydrogens (tertiary/aromatic N) is 4. The van der Waals surface area contributed by atoms with Crippen molar-refractivity contribution < 1.29 is 13.9 Å². The number of imidazole rings is 1. The van der Waals surface area contributed by atoms with Crippen LogP contribution >= 0.6 is 0 Å². The Balaban J connectivity index is 1.41. The number of hydrogen-bond donors (Lipinski definition) is 4. The third-order valence-corrected chi connectivity index (χ3v) is 6.45. The number of aliphatic hydroxyl groups excluding tert-OH is 1. The van der Waals surface area contributed by atoms with Gasteiger partial charge in [-0.2, -0.15) is 5.10 Å². The molecular formula is C29H25F2N7O. The van der Waals surface area contributed by atoms with E-state index < -0.39 is 12.0 Å². The minimum absolute atomic E-state index is 0.173. The van der Waals surface area contributed by atoms with Crippen LogP contribution in [-0.4, -0.2) is 41.5 Å². The molecule has 0 amide bonds. The Morgan fingerprint density at radius 1 is 0.974 bits per heavy atom. The van der Waals surface area contributed by atoms with Gasteiger partial charge in [-0.15, -0.1) is 0 Å². The quantitative estimate of drug-likeness (QED) is 0.182. The zero-order valence-electron chi connectivity index (χ0n) is 21.2. The normalized spacial score (nSPS) is 12.5. The van der Waals surface area contributed by atoms with Crippen LogP contribution in [0.5, 0.6) is 0 Å². The molecule has 4 N–H and O–H groups in total. The first-order valence-electron chi connectivity index (χ1n) is 12.5. The highest BCUT2D eigenvalue weighted by Gasteiger charge is 2.19. The molecule has 0 saturated heterocycles. The fourth-order valence-electron chi connectivity index (χ4n) is 4.70. The van der Waals surface area contributed by atoms with Crippen LogP contribution in [-0.2, 0) is 0 Å². The second kappa shape index (κ2) is 9.88. The average molecular weight is 526 g/mol. The number of anilines is 1. The zero-order valence-corrected chi connectivity index (χ0v) is 21.2. The van der Waals surface area contributed by atoms with Crippen molar-refractivity contribution >= 4 is 27.6 Å². The van der Waals surface area contributed by atoms with Crippen molar-refractivity contribution in [1.29, 1.82) is 0 Å². The summed E-state index contributed by atoms with van der Waals surface area (Å²) in [5.41, 5.74) is 4.95. The third kappa shape index (κ3) is 4.82. The number of pyridine rings is 2. The van der Waals surface area contributed by atoms with Crippen LogP contribution in [0.4, 0.5) is 14.5 Å². The Morgan fingerprint density at radius 3 is 2.67 bits per heavy atom. The summed E-state index contributed by atoms with van der Waals surface area (Å²) >= 11 is 0. The Labute approximate surface area is 222 Å². The van der Waals surface area contributed by atoms with Crippen molar-refractivity contribution in [3.05, 3.63) is 78.8 Å². The summed E-state index contributed by atoms with van der Waals surface area (Å²) in [5.74, 6) is -0.104. The molecule has 0 aliphatic rings. The fourth-order valence-corrected chi connectivity index (χ4v) is 4.70. The highest BCUT2D eigenvalue weighted by Crippen LogP contribution is 2.34. The largest absolute Gasteiger partial charge is 0.374 e. The minimum Gasteiger partial charge on any atom is -0.374 e. The van der Waals surface area contributed by atoms with Crippen LogP contribution in [0.2, 0.25) is 0 Å². The number of halogens is 2. The van der Waals surface area contributed by atoms with E-state index in [-0.39, 0.29) is 11.3 Å². The van der Waals surface area contributed by atoms with Crippen molar-refractivity contribution in [3.8, 4) is 33.9 Å². The lowest BCUT2D eigenvalue weighted by Gasteiger charge is -2.16. The lowest BCUT2D eigenvalue weighted by atomic mass is 10.0. The molecule has 1 atom stereocenters. The van der Waals surface area contributed by atoms with Crippen LogP contribution < -0.4 is 5.32 Å². The molecule has 0 bridgehead atoms. The van der Waals surface area contributed by atoms with Crippen molar-refractivity contribution in [2.45, 2.75) is 26.5 Å². The van der Waals surface area contributed by atoms with Gasteiger partial charge in [-0.05, 0) is 54.3 Å². The average Bonchev–Trinajstić information content (AvgIpc) is 3.52. The monoisotopic (exact) mass is 525 g/mol. The zero-order chi connectivity index (χ0) is 27.1.